The molecule has 0 saturated heterocycles. The SMILES string of the molecule is Cc1c(C(C)(C)C)s/c(=N\C(=O)c2cc(C(F)(F)F)ccc2F)n1CC1CC1. The molecule has 0 spiro atoms. The van der Waals surface area contributed by atoms with Crippen molar-refractivity contribution in [1.82, 2.24) is 4.57 Å². The van der Waals surface area contributed by atoms with E-state index in [1.165, 1.54) is 11.3 Å². The van der Waals surface area contributed by atoms with Crippen LogP contribution in [0, 0.1) is 18.7 Å². The summed E-state index contributed by atoms with van der Waals surface area (Å²) in [5.41, 5.74) is -0.925. The van der Waals surface area contributed by atoms with Gasteiger partial charge in [0.2, 0.25) is 0 Å². The topological polar surface area (TPSA) is 34.4 Å². The lowest BCUT2D eigenvalue weighted by Gasteiger charge is -2.17. The van der Waals surface area contributed by atoms with Crippen LogP contribution in [-0.2, 0) is 18.1 Å². The maximum absolute atomic E-state index is 14.1. The van der Waals surface area contributed by atoms with Gasteiger partial charge in [-0.25, -0.2) is 4.39 Å². The number of hydrogen-bond acceptors (Lipinski definition) is 2. The van der Waals surface area contributed by atoms with Crippen LogP contribution in [0.4, 0.5) is 17.6 Å². The molecule has 28 heavy (non-hydrogen) atoms. The lowest BCUT2D eigenvalue weighted by Crippen LogP contribution is -2.20. The van der Waals surface area contributed by atoms with Gasteiger partial charge in [-0.3, -0.25) is 4.79 Å². The van der Waals surface area contributed by atoms with E-state index in [4.69, 9.17) is 0 Å². The van der Waals surface area contributed by atoms with Crippen molar-refractivity contribution in [2.75, 3.05) is 0 Å². The van der Waals surface area contributed by atoms with E-state index >= 15 is 0 Å². The Bertz CT molecular complexity index is 976. The van der Waals surface area contributed by atoms with Gasteiger partial charge in [0.05, 0.1) is 11.1 Å². The van der Waals surface area contributed by atoms with Crippen molar-refractivity contribution < 1.29 is 22.4 Å². The molecule has 1 amide bonds. The molecule has 3 rings (SSSR count). The Hall–Kier alpha value is -1.96. The van der Waals surface area contributed by atoms with E-state index in [0.29, 0.717) is 35.5 Å². The molecule has 1 fully saturated rings. The van der Waals surface area contributed by atoms with Gasteiger partial charge in [-0.05, 0) is 49.3 Å². The summed E-state index contributed by atoms with van der Waals surface area (Å²) < 4.78 is 54.8. The molecule has 0 unspecified atom stereocenters. The summed E-state index contributed by atoms with van der Waals surface area (Å²) in [6.45, 7) is 8.80. The Morgan fingerprint density at radius 2 is 1.89 bits per heavy atom. The summed E-state index contributed by atoms with van der Waals surface area (Å²) in [5.74, 6) is -1.50. The molecule has 1 aliphatic rings. The van der Waals surface area contributed by atoms with Crippen molar-refractivity contribution in [2.45, 2.75) is 58.7 Å². The normalized spacial score (nSPS) is 15.9. The first kappa shape index (κ1) is 20.8. The third-order valence-corrected chi connectivity index (χ3v) is 6.30. The standard InChI is InChI=1S/C20H22F4N2OS/c1-11-16(19(2,3)4)28-18(26(11)10-12-5-6-12)25-17(27)14-9-13(20(22,23)24)7-8-15(14)21/h7-9,12H,5-6,10H2,1-4H3/b25-18-. The van der Waals surface area contributed by atoms with Crippen LogP contribution in [0.15, 0.2) is 23.2 Å². The van der Waals surface area contributed by atoms with Gasteiger partial charge < -0.3 is 4.57 Å². The summed E-state index contributed by atoms with van der Waals surface area (Å²) in [7, 11) is 0. The highest BCUT2D eigenvalue weighted by atomic mass is 32.1. The lowest BCUT2D eigenvalue weighted by molar-refractivity contribution is -0.137. The van der Waals surface area contributed by atoms with Crippen LogP contribution >= 0.6 is 11.3 Å². The van der Waals surface area contributed by atoms with E-state index in [2.05, 4.69) is 4.99 Å². The van der Waals surface area contributed by atoms with Gasteiger partial charge in [-0.15, -0.1) is 11.3 Å². The second-order valence-electron chi connectivity index (χ2n) is 8.21. The van der Waals surface area contributed by atoms with Gasteiger partial charge in [0, 0.05) is 17.1 Å². The van der Waals surface area contributed by atoms with E-state index in [9.17, 15) is 22.4 Å². The van der Waals surface area contributed by atoms with E-state index in [1.807, 2.05) is 32.3 Å². The highest BCUT2D eigenvalue weighted by molar-refractivity contribution is 7.09. The zero-order valence-electron chi connectivity index (χ0n) is 16.2. The average molecular weight is 414 g/mol. The Morgan fingerprint density at radius 1 is 1.25 bits per heavy atom. The number of aromatic nitrogens is 1. The number of hydrogen-bond donors (Lipinski definition) is 0. The third-order valence-electron chi connectivity index (χ3n) is 4.70. The molecule has 0 radical (unpaired) electrons. The quantitative estimate of drug-likeness (QED) is 0.614. The Kier molecular flexibility index (Phi) is 5.29. The fourth-order valence-corrected chi connectivity index (χ4v) is 4.25. The maximum atomic E-state index is 14.1. The Morgan fingerprint density at radius 3 is 2.43 bits per heavy atom. The first-order valence-corrected chi connectivity index (χ1v) is 9.86. The predicted octanol–water partition coefficient (Wildman–Crippen LogP) is 5.46. The minimum Gasteiger partial charge on any atom is -0.320 e. The number of carbonyl (C=O) groups excluding carboxylic acids is 1. The van der Waals surface area contributed by atoms with Crippen molar-refractivity contribution in [1.29, 1.82) is 0 Å². The summed E-state index contributed by atoms with van der Waals surface area (Å²) in [6, 6.07) is 1.80. The van der Waals surface area contributed by atoms with Gasteiger partial charge in [0.25, 0.3) is 5.91 Å². The summed E-state index contributed by atoms with van der Waals surface area (Å²) in [6.07, 6.45) is -2.46. The number of carbonyl (C=O) groups is 1. The number of rotatable bonds is 3. The first-order valence-electron chi connectivity index (χ1n) is 9.04. The molecule has 2 aromatic rings. The summed E-state index contributed by atoms with van der Waals surface area (Å²) in [5, 5.41) is 0. The van der Waals surface area contributed by atoms with Crippen LogP contribution in [-0.4, -0.2) is 10.5 Å². The van der Waals surface area contributed by atoms with Crippen LogP contribution in [0.5, 0.6) is 0 Å². The second-order valence-corrected chi connectivity index (χ2v) is 9.19. The fraction of sp³-hybridized carbons (Fsp3) is 0.500. The van der Waals surface area contributed by atoms with Crippen LogP contribution < -0.4 is 4.80 Å². The largest absolute Gasteiger partial charge is 0.416 e. The second kappa shape index (κ2) is 7.13. The molecule has 0 N–H and O–H groups in total. The molecule has 0 bridgehead atoms. The minimum atomic E-state index is -4.66. The Balaban J connectivity index is 2.09. The van der Waals surface area contributed by atoms with Crippen molar-refractivity contribution in [2.24, 2.45) is 10.9 Å². The van der Waals surface area contributed by atoms with Crippen LogP contribution in [0.25, 0.3) is 0 Å². The number of nitrogens with zero attached hydrogens (tertiary/aromatic N) is 2. The molecule has 8 heteroatoms. The minimum absolute atomic E-state index is 0.168. The zero-order chi connectivity index (χ0) is 20.9. The van der Waals surface area contributed by atoms with E-state index < -0.39 is 29.0 Å². The van der Waals surface area contributed by atoms with Gasteiger partial charge in [-0.2, -0.15) is 18.2 Å². The molecule has 0 aliphatic heterocycles. The molecular formula is C20H22F4N2OS. The summed E-state index contributed by atoms with van der Waals surface area (Å²) in [4.78, 5) is 18.0. The van der Waals surface area contributed by atoms with Crippen molar-refractivity contribution >= 4 is 17.2 Å². The molecule has 1 aromatic carbocycles. The van der Waals surface area contributed by atoms with E-state index in [0.717, 1.165) is 23.4 Å². The van der Waals surface area contributed by atoms with Gasteiger partial charge in [-0.1, -0.05) is 20.8 Å². The third kappa shape index (κ3) is 4.37. The van der Waals surface area contributed by atoms with Crippen LogP contribution in [0.2, 0.25) is 0 Å². The van der Waals surface area contributed by atoms with Gasteiger partial charge in [0.15, 0.2) is 4.80 Å². The molecule has 3 nitrogen and oxygen atoms in total. The molecule has 0 atom stereocenters. The molecule has 1 saturated carbocycles. The fourth-order valence-electron chi connectivity index (χ4n) is 3.05. The zero-order valence-corrected chi connectivity index (χ0v) is 17.0. The number of halogens is 4. The van der Waals surface area contributed by atoms with Crippen LogP contribution in [0.1, 0.15) is 60.1 Å². The molecular weight excluding hydrogens is 392 g/mol. The number of thiazole rings is 1. The van der Waals surface area contributed by atoms with Gasteiger partial charge in [0.1, 0.15) is 5.82 Å². The Labute approximate surface area is 164 Å². The van der Waals surface area contributed by atoms with Crippen molar-refractivity contribution in [3.63, 3.8) is 0 Å². The summed E-state index contributed by atoms with van der Waals surface area (Å²) >= 11 is 1.33. The number of alkyl halides is 3. The molecule has 1 aromatic heterocycles. The van der Waals surface area contributed by atoms with Crippen molar-refractivity contribution in [3.8, 4) is 0 Å². The van der Waals surface area contributed by atoms with Crippen molar-refractivity contribution in [3.05, 3.63) is 50.5 Å². The van der Waals surface area contributed by atoms with Gasteiger partial charge >= 0.3 is 6.18 Å². The smallest absolute Gasteiger partial charge is 0.320 e. The molecule has 1 heterocycles. The number of benzene rings is 1. The lowest BCUT2D eigenvalue weighted by atomic mass is 9.93. The maximum Gasteiger partial charge on any atom is 0.416 e. The highest BCUT2D eigenvalue weighted by Gasteiger charge is 2.32. The average Bonchev–Trinajstić information content (AvgIpc) is 3.32. The van der Waals surface area contributed by atoms with E-state index in [1.54, 1.807) is 0 Å². The molecule has 152 valence electrons. The van der Waals surface area contributed by atoms with Crippen LogP contribution in [0.3, 0.4) is 0 Å². The van der Waals surface area contributed by atoms with E-state index in [-0.39, 0.29) is 5.41 Å². The first-order chi connectivity index (χ1) is 12.9. The monoisotopic (exact) mass is 414 g/mol. The number of amides is 1. The highest BCUT2D eigenvalue weighted by Crippen LogP contribution is 2.34. The predicted molar refractivity (Wildman–Crippen MR) is 99.8 cm³/mol. The molecule has 1 aliphatic carbocycles.